The first kappa shape index (κ1) is 17.3. The van der Waals surface area contributed by atoms with Gasteiger partial charge in [-0.3, -0.25) is 4.79 Å². The highest BCUT2D eigenvalue weighted by Crippen LogP contribution is 2.21. The van der Waals surface area contributed by atoms with Gasteiger partial charge in [0.25, 0.3) is 0 Å². The lowest BCUT2D eigenvalue weighted by Gasteiger charge is -2.08. The molecule has 26 heavy (non-hydrogen) atoms. The second-order valence-corrected chi connectivity index (χ2v) is 5.24. The molecular weight excluding hydrogens is 342 g/mol. The van der Waals surface area contributed by atoms with Crippen LogP contribution >= 0.6 is 0 Å². The number of hydrogen-bond donors (Lipinski definition) is 1. The zero-order chi connectivity index (χ0) is 18.5. The van der Waals surface area contributed by atoms with E-state index in [4.69, 9.17) is 13.9 Å². The highest BCUT2D eigenvalue weighted by molar-refractivity contribution is 6.19. The van der Waals surface area contributed by atoms with Crippen molar-refractivity contribution in [2.45, 2.75) is 6.61 Å². The Morgan fingerprint density at radius 3 is 2.62 bits per heavy atom. The van der Waals surface area contributed by atoms with Crippen molar-refractivity contribution in [3.8, 4) is 0 Å². The Morgan fingerprint density at radius 2 is 1.88 bits per heavy atom. The summed E-state index contributed by atoms with van der Waals surface area (Å²) in [7, 11) is 1.23. The van der Waals surface area contributed by atoms with Crippen molar-refractivity contribution in [2.75, 3.05) is 19.0 Å². The molecule has 134 valence electrons. The number of hydrogen-bond acceptors (Lipinski definition) is 8. The van der Waals surface area contributed by atoms with Crippen LogP contribution in [0.2, 0.25) is 0 Å². The maximum absolute atomic E-state index is 12.3. The molecule has 1 aromatic heterocycles. The SMILES string of the molecule is COC(=O)c1ccc(COC(=O)C2=C(Nc3ccccc3)OCC2=O)o1. The Balaban J connectivity index is 1.68. The van der Waals surface area contributed by atoms with E-state index in [-0.39, 0.29) is 36.2 Å². The molecule has 0 atom stereocenters. The fraction of sp³-hybridized carbons (Fsp3) is 0.167. The first-order valence-electron chi connectivity index (χ1n) is 7.65. The van der Waals surface area contributed by atoms with Gasteiger partial charge in [0.2, 0.25) is 17.4 Å². The van der Waals surface area contributed by atoms with Gasteiger partial charge in [-0.25, -0.2) is 9.59 Å². The summed E-state index contributed by atoms with van der Waals surface area (Å²) in [6, 6.07) is 11.8. The largest absolute Gasteiger partial charge is 0.470 e. The fourth-order valence-electron chi connectivity index (χ4n) is 2.24. The molecule has 8 nitrogen and oxygen atoms in total. The molecule has 0 saturated heterocycles. The van der Waals surface area contributed by atoms with E-state index < -0.39 is 17.7 Å². The fourth-order valence-corrected chi connectivity index (χ4v) is 2.24. The number of ketones is 1. The smallest absolute Gasteiger partial charge is 0.373 e. The number of para-hydroxylation sites is 1. The zero-order valence-corrected chi connectivity index (χ0v) is 13.8. The van der Waals surface area contributed by atoms with Gasteiger partial charge in [-0.2, -0.15) is 0 Å². The summed E-state index contributed by atoms with van der Waals surface area (Å²) in [6.07, 6.45) is 0. The van der Waals surface area contributed by atoms with E-state index in [1.165, 1.54) is 19.2 Å². The lowest BCUT2D eigenvalue weighted by atomic mass is 10.2. The Morgan fingerprint density at radius 1 is 1.12 bits per heavy atom. The second-order valence-electron chi connectivity index (χ2n) is 5.24. The van der Waals surface area contributed by atoms with Crippen LogP contribution in [0.4, 0.5) is 5.69 Å². The van der Waals surface area contributed by atoms with Crippen molar-refractivity contribution in [2.24, 2.45) is 0 Å². The minimum atomic E-state index is -0.845. The van der Waals surface area contributed by atoms with Gasteiger partial charge < -0.3 is 23.9 Å². The molecule has 1 N–H and O–H groups in total. The van der Waals surface area contributed by atoms with E-state index in [0.717, 1.165) is 0 Å². The Labute approximate surface area is 148 Å². The monoisotopic (exact) mass is 357 g/mol. The average molecular weight is 357 g/mol. The van der Waals surface area contributed by atoms with Crippen molar-refractivity contribution >= 4 is 23.4 Å². The molecule has 0 spiro atoms. The third-order valence-corrected chi connectivity index (χ3v) is 3.48. The Kier molecular flexibility index (Phi) is 5.02. The normalized spacial score (nSPS) is 13.3. The molecule has 2 aromatic rings. The molecule has 0 amide bonds. The minimum Gasteiger partial charge on any atom is -0.470 e. The first-order chi connectivity index (χ1) is 12.6. The summed E-state index contributed by atoms with van der Waals surface area (Å²) < 4.78 is 20.1. The number of carbonyl (C=O) groups excluding carboxylic acids is 3. The molecule has 0 aliphatic carbocycles. The quantitative estimate of drug-likeness (QED) is 0.619. The summed E-state index contributed by atoms with van der Waals surface area (Å²) in [6.45, 7) is -0.488. The van der Waals surface area contributed by atoms with Crippen LogP contribution in [0, 0.1) is 0 Å². The molecule has 0 radical (unpaired) electrons. The van der Waals surface area contributed by atoms with E-state index in [1.807, 2.05) is 6.07 Å². The van der Waals surface area contributed by atoms with Gasteiger partial charge in [0, 0.05) is 5.69 Å². The first-order valence-corrected chi connectivity index (χ1v) is 7.65. The van der Waals surface area contributed by atoms with Gasteiger partial charge in [0.15, 0.2) is 12.2 Å². The molecular formula is C18H15NO7. The number of rotatable bonds is 6. The summed E-state index contributed by atoms with van der Waals surface area (Å²) in [4.78, 5) is 35.6. The van der Waals surface area contributed by atoms with E-state index in [2.05, 4.69) is 10.1 Å². The highest BCUT2D eigenvalue weighted by Gasteiger charge is 2.32. The number of methoxy groups -OCH3 is 1. The maximum atomic E-state index is 12.3. The van der Waals surface area contributed by atoms with Crippen LogP contribution in [-0.4, -0.2) is 31.4 Å². The van der Waals surface area contributed by atoms with Gasteiger partial charge >= 0.3 is 11.9 Å². The molecule has 1 aromatic carbocycles. The molecule has 1 aliphatic heterocycles. The van der Waals surface area contributed by atoms with Gasteiger partial charge in [0.1, 0.15) is 12.4 Å². The van der Waals surface area contributed by atoms with Crippen LogP contribution < -0.4 is 5.32 Å². The molecule has 3 rings (SSSR count). The van der Waals surface area contributed by atoms with Crippen molar-refractivity contribution in [3.63, 3.8) is 0 Å². The number of benzene rings is 1. The third kappa shape index (κ3) is 3.75. The molecule has 0 unspecified atom stereocenters. The molecule has 8 heteroatoms. The highest BCUT2D eigenvalue weighted by atomic mass is 16.6. The van der Waals surface area contributed by atoms with Crippen molar-refractivity contribution in [1.82, 2.24) is 0 Å². The summed E-state index contributed by atoms with van der Waals surface area (Å²) in [5, 5.41) is 2.88. The van der Waals surface area contributed by atoms with Crippen LogP contribution in [0.15, 0.2) is 58.3 Å². The maximum Gasteiger partial charge on any atom is 0.373 e. The van der Waals surface area contributed by atoms with E-state index in [1.54, 1.807) is 24.3 Å². The molecule has 0 bridgehead atoms. The molecule has 1 aliphatic rings. The number of Topliss-reactive ketones (excluding diaryl/α,β-unsaturated/α-hetero) is 1. The number of anilines is 1. The van der Waals surface area contributed by atoms with Crippen LogP contribution in [0.3, 0.4) is 0 Å². The van der Waals surface area contributed by atoms with Crippen molar-refractivity contribution in [1.29, 1.82) is 0 Å². The third-order valence-electron chi connectivity index (χ3n) is 3.48. The Hall–Kier alpha value is -3.55. The van der Waals surface area contributed by atoms with Gasteiger partial charge in [-0.05, 0) is 24.3 Å². The number of ether oxygens (including phenoxy) is 3. The zero-order valence-electron chi connectivity index (χ0n) is 13.8. The average Bonchev–Trinajstić information content (AvgIpc) is 3.27. The van der Waals surface area contributed by atoms with Crippen LogP contribution in [0.25, 0.3) is 0 Å². The van der Waals surface area contributed by atoms with Gasteiger partial charge in [-0.1, -0.05) is 18.2 Å². The molecule has 2 heterocycles. The van der Waals surface area contributed by atoms with Crippen LogP contribution in [0.1, 0.15) is 16.3 Å². The topological polar surface area (TPSA) is 104 Å². The number of carbonyl (C=O) groups is 3. The lowest BCUT2D eigenvalue weighted by molar-refractivity contribution is -0.142. The lowest BCUT2D eigenvalue weighted by Crippen LogP contribution is -2.16. The van der Waals surface area contributed by atoms with E-state index >= 15 is 0 Å². The number of nitrogens with one attached hydrogen (secondary N) is 1. The predicted octanol–water partition coefficient (Wildman–Crippen LogP) is 2.03. The van der Waals surface area contributed by atoms with Crippen LogP contribution in [0.5, 0.6) is 0 Å². The predicted molar refractivity (Wildman–Crippen MR) is 87.9 cm³/mol. The van der Waals surface area contributed by atoms with Crippen molar-refractivity contribution in [3.05, 3.63) is 65.4 Å². The number of esters is 2. The van der Waals surface area contributed by atoms with E-state index in [0.29, 0.717) is 5.69 Å². The second kappa shape index (κ2) is 7.56. The molecule has 0 saturated carbocycles. The Bertz CT molecular complexity index is 867. The van der Waals surface area contributed by atoms with Crippen LogP contribution in [-0.2, 0) is 30.4 Å². The van der Waals surface area contributed by atoms with E-state index in [9.17, 15) is 14.4 Å². The number of furan rings is 1. The molecule has 0 fully saturated rings. The van der Waals surface area contributed by atoms with Gasteiger partial charge in [-0.15, -0.1) is 0 Å². The standard InChI is InChI=1S/C18H15NO7/c1-23-17(21)14-8-7-12(26-14)9-25-18(22)15-13(20)10-24-16(15)19-11-5-3-2-4-6-11/h2-8,19H,9-10H2,1H3. The summed E-state index contributed by atoms with van der Waals surface area (Å²) in [5.74, 6) is -1.70. The minimum absolute atomic E-state index is 0.00975. The van der Waals surface area contributed by atoms with Gasteiger partial charge in [0.05, 0.1) is 7.11 Å². The summed E-state index contributed by atoms with van der Waals surface area (Å²) in [5.41, 5.74) is 0.463. The summed E-state index contributed by atoms with van der Waals surface area (Å²) >= 11 is 0. The van der Waals surface area contributed by atoms with Crippen molar-refractivity contribution < 1.29 is 33.0 Å².